The molecule has 1 aromatic carbocycles. The summed E-state index contributed by atoms with van der Waals surface area (Å²) in [4.78, 5) is 31.4. The Kier molecular flexibility index (Phi) is 4.69. The zero-order chi connectivity index (χ0) is 17.9. The van der Waals surface area contributed by atoms with Gasteiger partial charge in [0.2, 0.25) is 0 Å². The highest BCUT2D eigenvalue weighted by atomic mass is 16.2. The summed E-state index contributed by atoms with van der Waals surface area (Å²) in [5.41, 5.74) is 2.86. The van der Waals surface area contributed by atoms with Crippen molar-refractivity contribution in [1.82, 2.24) is 9.88 Å². The molecule has 2 heterocycles. The van der Waals surface area contributed by atoms with E-state index in [9.17, 15) is 9.59 Å². The third kappa shape index (κ3) is 3.77. The van der Waals surface area contributed by atoms with Crippen molar-refractivity contribution in [3.8, 4) is 0 Å². The summed E-state index contributed by atoms with van der Waals surface area (Å²) in [6.45, 7) is 1.63. The molecule has 2 amide bonds. The van der Waals surface area contributed by atoms with Gasteiger partial charge in [-0.05, 0) is 62.4 Å². The Balaban J connectivity index is 1.47. The van der Waals surface area contributed by atoms with Crippen LogP contribution in [0.15, 0.2) is 42.6 Å². The molecule has 1 saturated heterocycles. The van der Waals surface area contributed by atoms with E-state index in [4.69, 9.17) is 0 Å². The van der Waals surface area contributed by atoms with Crippen molar-refractivity contribution in [3.05, 3.63) is 59.4 Å². The Morgan fingerprint density at radius 2 is 1.81 bits per heavy atom. The molecule has 2 aromatic rings. The summed E-state index contributed by atoms with van der Waals surface area (Å²) < 4.78 is 0. The molecule has 0 atom stereocenters. The first-order valence-electron chi connectivity index (χ1n) is 9.37. The van der Waals surface area contributed by atoms with E-state index >= 15 is 0 Å². The highest BCUT2D eigenvalue weighted by Gasteiger charge is 2.25. The van der Waals surface area contributed by atoms with Gasteiger partial charge >= 0.3 is 0 Å². The zero-order valence-electron chi connectivity index (χ0n) is 14.8. The number of hydrogen-bond donors (Lipinski definition) is 1. The van der Waals surface area contributed by atoms with Gasteiger partial charge in [0.15, 0.2) is 0 Å². The van der Waals surface area contributed by atoms with Gasteiger partial charge in [-0.2, -0.15) is 0 Å². The number of rotatable bonds is 4. The normalized spacial score (nSPS) is 17.0. The maximum atomic E-state index is 12.6. The molecule has 1 aromatic heterocycles. The van der Waals surface area contributed by atoms with E-state index in [1.807, 2.05) is 29.2 Å². The SMILES string of the molecule is O=C(Nc1cccc(C(=O)N2CCCCC2)c1)c1ccnc(C2CC2)c1. The molecule has 4 rings (SSSR count). The van der Waals surface area contributed by atoms with Gasteiger partial charge in [0.25, 0.3) is 11.8 Å². The molecule has 134 valence electrons. The predicted molar refractivity (Wildman–Crippen MR) is 100 cm³/mol. The molecule has 1 aliphatic carbocycles. The fraction of sp³-hybridized carbons (Fsp3) is 0.381. The van der Waals surface area contributed by atoms with E-state index in [0.717, 1.165) is 44.5 Å². The Morgan fingerprint density at radius 3 is 2.58 bits per heavy atom. The highest BCUT2D eigenvalue weighted by molar-refractivity contribution is 6.05. The molecule has 5 nitrogen and oxygen atoms in total. The maximum absolute atomic E-state index is 12.6. The van der Waals surface area contributed by atoms with Crippen molar-refractivity contribution in [3.63, 3.8) is 0 Å². The lowest BCUT2D eigenvalue weighted by Crippen LogP contribution is -2.35. The third-order valence-electron chi connectivity index (χ3n) is 5.05. The average Bonchev–Trinajstić information content (AvgIpc) is 3.54. The van der Waals surface area contributed by atoms with Crippen LogP contribution in [-0.2, 0) is 0 Å². The second-order valence-electron chi connectivity index (χ2n) is 7.13. The molecule has 1 saturated carbocycles. The first-order valence-corrected chi connectivity index (χ1v) is 9.37. The standard InChI is InChI=1S/C21H23N3O2/c25-20(16-9-10-22-19(14-16)15-7-8-15)23-18-6-4-5-17(13-18)21(26)24-11-2-1-3-12-24/h4-6,9-10,13-15H,1-3,7-8,11-12H2,(H,23,25). The van der Waals surface area contributed by atoms with Crippen LogP contribution in [0.25, 0.3) is 0 Å². The van der Waals surface area contributed by atoms with Crippen molar-refractivity contribution < 1.29 is 9.59 Å². The van der Waals surface area contributed by atoms with Crippen LogP contribution in [0.1, 0.15) is 64.4 Å². The Hall–Kier alpha value is -2.69. The number of amides is 2. The number of carbonyl (C=O) groups excluding carboxylic acids is 2. The van der Waals surface area contributed by atoms with Crippen LogP contribution < -0.4 is 5.32 Å². The van der Waals surface area contributed by atoms with Crippen molar-refractivity contribution in [2.45, 2.75) is 38.0 Å². The number of hydrogen-bond acceptors (Lipinski definition) is 3. The minimum Gasteiger partial charge on any atom is -0.339 e. The highest BCUT2D eigenvalue weighted by Crippen LogP contribution is 2.39. The first kappa shape index (κ1) is 16.8. The summed E-state index contributed by atoms with van der Waals surface area (Å²) in [6.07, 6.45) is 7.31. The first-order chi connectivity index (χ1) is 12.7. The van der Waals surface area contributed by atoms with Crippen LogP contribution in [-0.4, -0.2) is 34.8 Å². The van der Waals surface area contributed by atoms with Gasteiger partial charge < -0.3 is 10.2 Å². The van der Waals surface area contributed by atoms with Crippen molar-refractivity contribution in [2.24, 2.45) is 0 Å². The molecule has 0 bridgehead atoms. The molecular formula is C21H23N3O2. The maximum Gasteiger partial charge on any atom is 0.255 e. The van der Waals surface area contributed by atoms with E-state index in [0.29, 0.717) is 22.7 Å². The van der Waals surface area contributed by atoms with E-state index < -0.39 is 0 Å². The van der Waals surface area contributed by atoms with Crippen LogP contribution in [0.4, 0.5) is 5.69 Å². The summed E-state index contributed by atoms with van der Waals surface area (Å²) in [6, 6.07) is 10.8. The van der Waals surface area contributed by atoms with Crippen molar-refractivity contribution in [1.29, 1.82) is 0 Å². The topological polar surface area (TPSA) is 62.3 Å². The number of piperidine rings is 1. The average molecular weight is 349 g/mol. The Morgan fingerprint density at radius 1 is 1.00 bits per heavy atom. The largest absolute Gasteiger partial charge is 0.339 e. The number of anilines is 1. The monoisotopic (exact) mass is 349 g/mol. The van der Waals surface area contributed by atoms with Crippen LogP contribution in [0, 0.1) is 0 Å². The molecule has 2 fully saturated rings. The lowest BCUT2D eigenvalue weighted by Gasteiger charge is -2.26. The van der Waals surface area contributed by atoms with E-state index in [1.54, 1.807) is 18.3 Å². The number of benzene rings is 1. The second kappa shape index (κ2) is 7.28. The molecular weight excluding hydrogens is 326 g/mol. The second-order valence-corrected chi connectivity index (χ2v) is 7.13. The van der Waals surface area contributed by atoms with Gasteiger partial charge in [0, 0.05) is 47.7 Å². The quantitative estimate of drug-likeness (QED) is 0.912. The van der Waals surface area contributed by atoms with E-state index in [1.165, 1.54) is 6.42 Å². The number of aromatic nitrogens is 1. The molecule has 0 unspecified atom stereocenters. The van der Waals surface area contributed by atoms with Gasteiger partial charge in [-0.15, -0.1) is 0 Å². The summed E-state index contributed by atoms with van der Waals surface area (Å²) in [5.74, 6) is 0.380. The molecule has 5 heteroatoms. The summed E-state index contributed by atoms with van der Waals surface area (Å²) in [7, 11) is 0. The number of carbonyl (C=O) groups is 2. The Bertz CT molecular complexity index is 824. The number of likely N-dealkylation sites (tertiary alicyclic amines) is 1. The van der Waals surface area contributed by atoms with Crippen LogP contribution in [0.5, 0.6) is 0 Å². The fourth-order valence-electron chi connectivity index (χ4n) is 3.40. The summed E-state index contributed by atoms with van der Waals surface area (Å²) >= 11 is 0. The van der Waals surface area contributed by atoms with Crippen LogP contribution in [0.2, 0.25) is 0 Å². The van der Waals surface area contributed by atoms with Crippen LogP contribution in [0.3, 0.4) is 0 Å². The van der Waals surface area contributed by atoms with Crippen molar-refractivity contribution >= 4 is 17.5 Å². The minimum atomic E-state index is -0.170. The Labute approximate surface area is 153 Å². The van der Waals surface area contributed by atoms with Gasteiger partial charge in [0.1, 0.15) is 0 Å². The minimum absolute atomic E-state index is 0.0423. The number of pyridine rings is 1. The smallest absolute Gasteiger partial charge is 0.255 e. The number of nitrogens with one attached hydrogen (secondary N) is 1. The zero-order valence-corrected chi connectivity index (χ0v) is 14.8. The van der Waals surface area contributed by atoms with Gasteiger partial charge in [0.05, 0.1) is 0 Å². The molecule has 1 aliphatic heterocycles. The number of nitrogens with zero attached hydrogens (tertiary/aromatic N) is 2. The van der Waals surface area contributed by atoms with E-state index in [-0.39, 0.29) is 11.8 Å². The molecule has 0 radical (unpaired) electrons. The van der Waals surface area contributed by atoms with Gasteiger partial charge in [-0.25, -0.2) is 0 Å². The van der Waals surface area contributed by atoms with Gasteiger partial charge in [-0.1, -0.05) is 6.07 Å². The molecule has 26 heavy (non-hydrogen) atoms. The molecule has 2 aliphatic rings. The van der Waals surface area contributed by atoms with E-state index in [2.05, 4.69) is 10.3 Å². The van der Waals surface area contributed by atoms with Crippen molar-refractivity contribution in [2.75, 3.05) is 18.4 Å². The molecule has 0 spiro atoms. The lowest BCUT2D eigenvalue weighted by atomic mass is 10.1. The van der Waals surface area contributed by atoms with Gasteiger partial charge in [-0.3, -0.25) is 14.6 Å². The molecule has 1 N–H and O–H groups in total. The summed E-state index contributed by atoms with van der Waals surface area (Å²) in [5, 5.41) is 2.91. The predicted octanol–water partition coefficient (Wildman–Crippen LogP) is 3.84. The fourth-order valence-corrected chi connectivity index (χ4v) is 3.40. The van der Waals surface area contributed by atoms with Crippen LogP contribution >= 0.6 is 0 Å². The third-order valence-corrected chi connectivity index (χ3v) is 5.05. The lowest BCUT2D eigenvalue weighted by molar-refractivity contribution is 0.0724.